The number of carbonyl (C=O) groups excluding carboxylic acids is 1. The van der Waals surface area contributed by atoms with Crippen LogP contribution in [0.25, 0.3) is 6.08 Å². The van der Waals surface area contributed by atoms with Crippen molar-refractivity contribution >= 4 is 11.9 Å². The van der Waals surface area contributed by atoms with Crippen LogP contribution in [0.15, 0.2) is 78.2 Å². The van der Waals surface area contributed by atoms with E-state index in [2.05, 4.69) is 30.3 Å². The molecular weight excluding hydrogens is 344 g/mol. The lowest BCUT2D eigenvalue weighted by atomic mass is 9.94. The number of hydrogen-bond donors (Lipinski definition) is 0. The Morgan fingerprint density at radius 3 is 2.57 bits per heavy atom. The van der Waals surface area contributed by atoms with Crippen molar-refractivity contribution < 1.29 is 4.79 Å². The number of likely N-dealkylation sites (tertiary alicyclic amines) is 1. The maximum Gasteiger partial charge on any atom is 0.187 e. The zero-order valence-corrected chi connectivity index (χ0v) is 17.4. The van der Waals surface area contributed by atoms with Crippen LogP contribution in [0.2, 0.25) is 0 Å². The van der Waals surface area contributed by atoms with Crippen molar-refractivity contribution in [1.29, 1.82) is 0 Å². The molecule has 3 rings (SSSR count). The molecule has 3 heteroatoms. The SMILES string of the molecule is C=CC(=C\C=C/C)/C=C1\CN(C2CC2)C/C(=C\c2cccnc2)C1=O.CCC. The van der Waals surface area contributed by atoms with Gasteiger partial charge in [0.25, 0.3) is 0 Å². The van der Waals surface area contributed by atoms with Gasteiger partial charge in [0.1, 0.15) is 0 Å². The van der Waals surface area contributed by atoms with Crippen molar-refractivity contribution in [3.05, 3.63) is 83.8 Å². The second kappa shape index (κ2) is 11.4. The lowest BCUT2D eigenvalue weighted by Gasteiger charge is -2.29. The van der Waals surface area contributed by atoms with Crippen molar-refractivity contribution in [3.8, 4) is 0 Å². The minimum absolute atomic E-state index is 0.133. The minimum Gasteiger partial charge on any atom is -0.292 e. The molecule has 148 valence electrons. The van der Waals surface area contributed by atoms with Gasteiger partial charge in [-0.05, 0) is 49.1 Å². The van der Waals surface area contributed by atoms with Crippen molar-refractivity contribution in [2.24, 2.45) is 0 Å². The van der Waals surface area contributed by atoms with Gasteiger partial charge in [-0.2, -0.15) is 0 Å². The normalized spacial score (nSPS) is 21.1. The summed E-state index contributed by atoms with van der Waals surface area (Å²) in [5, 5.41) is 0. The molecule has 2 aliphatic rings. The van der Waals surface area contributed by atoms with Crippen LogP contribution in [0.4, 0.5) is 0 Å². The molecule has 1 saturated carbocycles. The Morgan fingerprint density at radius 2 is 2.00 bits per heavy atom. The molecule has 2 fully saturated rings. The van der Waals surface area contributed by atoms with E-state index >= 15 is 0 Å². The number of ketones is 1. The van der Waals surface area contributed by atoms with Crippen LogP contribution >= 0.6 is 0 Å². The zero-order valence-electron chi connectivity index (χ0n) is 17.4. The van der Waals surface area contributed by atoms with Gasteiger partial charge >= 0.3 is 0 Å². The van der Waals surface area contributed by atoms with Crippen LogP contribution in [0.5, 0.6) is 0 Å². The van der Waals surface area contributed by atoms with Crippen LogP contribution < -0.4 is 0 Å². The molecule has 0 atom stereocenters. The topological polar surface area (TPSA) is 33.2 Å². The fourth-order valence-corrected chi connectivity index (χ4v) is 3.01. The number of hydrogen-bond acceptors (Lipinski definition) is 3. The second-order valence-electron chi connectivity index (χ2n) is 7.19. The predicted molar refractivity (Wildman–Crippen MR) is 119 cm³/mol. The van der Waals surface area contributed by atoms with E-state index in [0.29, 0.717) is 6.04 Å². The van der Waals surface area contributed by atoms with Gasteiger partial charge < -0.3 is 0 Å². The lowest BCUT2D eigenvalue weighted by molar-refractivity contribution is -0.113. The highest BCUT2D eigenvalue weighted by Crippen LogP contribution is 2.32. The second-order valence-corrected chi connectivity index (χ2v) is 7.19. The Balaban J connectivity index is 0.000000878. The summed E-state index contributed by atoms with van der Waals surface area (Å²) in [6.45, 7) is 11.5. The van der Waals surface area contributed by atoms with E-state index in [-0.39, 0.29) is 5.78 Å². The molecule has 3 nitrogen and oxygen atoms in total. The number of Topliss-reactive ketones (excluding diaryl/α,β-unsaturated/α-hetero) is 1. The zero-order chi connectivity index (χ0) is 20.4. The third kappa shape index (κ3) is 6.58. The van der Waals surface area contributed by atoms with E-state index < -0.39 is 0 Å². The smallest absolute Gasteiger partial charge is 0.187 e. The highest BCUT2D eigenvalue weighted by Gasteiger charge is 2.35. The lowest BCUT2D eigenvalue weighted by Crippen LogP contribution is -2.39. The average molecular weight is 377 g/mol. The largest absolute Gasteiger partial charge is 0.292 e. The quantitative estimate of drug-likeness (QED) is 0.499. The van der Waals surface area contributed by atoms with Gasteiger partial charge in [0.15, 0.2) is 5.78 Å². The van der Waals surface area contributed by atoms with Gasteiger partial charge in [-0.3, -0.25) is 14.7 Å². The molecular formula is C25H32N2O. The molecule has 1 aromatic rings. The summed E-state index contributed by atoms with van der Waals surface area (Å²) in [4.78, 5) is 19.5. The molecule has 0 aromatic carbocycles. The Bertz CT molecular complexity index is 780. The van der Waals surface area contributed by atoms with Gasteiger partial charge in [0, 0.05) is 42.7 Å². The molecule has 1 saturated heterocycles. The first-order chi connectivity index (χ1) is 13.6. The Kier molecular flexibility index (Phi) is 8.83. The molecule has 28 heavy (non-hydrogen) atoms. The summed E-state index contributed by atoms with van der Waals surface area (Å²) in [7, 11) is 0. The number of carbonyl (C=O) groups is 1. The number of piperidine rings is 1. The average Bonchev–Trinajstić information content (AvgIpc) is 3.54. The highest BCUT2D eigenvalue weighted by molar-refractivity contribution is 6.12. The summed E-state index contributed by atoms with van der Waals surface area (Å²) in [6, 6.07) is 4.49. The molecule has 1 aromatic heterocycles. The number of pyridine rings is 1. The maximum absolute atomic E-state index is 13.0. The Morgan fingerprint density at radius 1 is 1.29 bits per heavy atom. The first kappa shape index (κ1) is 21.8. The van der Waals surface area contributed by atoms with Crippen LogP contribution in [0.1, 0.15) is 45.6 Å². The van der Waals surface area contributed by atoms with E-state index in [1.807, 2.05) is 49.4 Å². The molecule has 1 aliphatic carbocycles. The van der Waals surface area contributed by atoms with Gasteiger partial charge in [0.2, 0.25) is 0 Å². The molecule has 0 N–H and O–H groups in total. The van der Waals surface area contributed by atoms with Gasteiger partial charge in [-0.15, -0.1) is 0 Å². The number of nitrogens with zero attached hydrogens (tertiary/aromatic N) is 2. The van der Waals surface area contributed by atoms with E-state index in [1.165, 1.54) is 19.3 Å². The number of aromatic nitrogens is 1. The first-order valence-corrected chi connectivity index (χ1v) is 10.2. The summed E-state index contributed by atoms with van der Waals surface area (Å²) in [5.41, 5.74) is 3.60. The first-order valence-electron chi connectivity index (χ1n) is 10.2. The minimum atomic E-state index is 0.133. The number of rotatable bonds is 5. The summed E-state index contributed by atoms with van der Waals surface area (Å²) < 4.78 is 0. The van der Waals surface area contributed by atoms with Crippen LogP contribution in [-0.4, -0.2) is 34.8 Å². The Labute approximate surface area is 169 Å². The van der Waals surface area contributed by atoms with Crippen molar-refractivity contribution in [2.75, 3.05) is 13.1 Å². The van der Waals surface area contributed by atoms with Gasteiger partial charge in [-0.25, -0.2) is 0 Å². The van der Waals surface area contributed by atoms with Crippen LogP contribution in [0.3, 0.4) is 0 Å². The number of allylic oxidation sites excluding steroid dienone is 6. The van der Waals surface area contributed by atoms with Crippen molar-refractivity contribution in [2.45, 2.75) is 46.1 Å². The van der Waals surface area contributed by atoms with E-state index in [4.69, 9.17) is 0 Å². The van der Waals surface area contributed by atoms with E-state index in [0.717, 1.165) is 35.4 Å². The maximum atomic E-state index is 13.0. The molecule has 1 aliphatic heterocycles. The standard InChI is InChI=1S/C22H24N2O.C3H8/c1-3-5-7-17(4-2)12-19-15-24(21-9-10-21)16-20(22(19)25)13-18-8-6-11-23-14-18;1-3-2/h3-8,11-14,21H,2,9-10,15-16H2,1H3;3H2,1-2H3/b5-3-,17-7+,19-12+,20-13+;. The summed E-state index contributed by atoms with van der Waals surface area (Å²) in [5.74, 6) is 0.133. The van der Waals surface area contributed by atoms with Crippen LogP contribution in [0, 0.1) is 0 Å². The van der Waals surface area contributed by atoms with Crippen LogP contribution in [-0.2, 0) is 4.79 Å². The van der Waals surface area contributed by atoms with E-state index in [1.54, 1.807) is 18.5 Å². The predicted octanol–water partition coefficient (Wildman–Crippen LogP) is 5.54. The molecule has 0 spiro atoms. The summed E-state index contributed by atoms with van der Waals surface area (Å²) in [6.07, 6.45) is 18.9. The van der Waals surface area contributed by atoms with Crippen molar-refractivity contribution in [3.63, 3.8) is 0 Å². The molecule has 0 bridgehead atoms. The Hall–Kier alpha value is -2.52. The van der Waals surface area contributed by atoms with Crippen molar-refractivity contribution in [1.82, 2.24) is 9.88 Å². The fourth-order valence-electron chi connectivity index (χ4n) is 3.01. The van der Waals surface area contributed by atoms with Gasteiger partial charge in [-0.1, -0.05) is 57.2 Å². The van der Waals surface area contributed by atoms with E-state index in [9.17, 15) is 4.79 Å². The molecule has 0 radical (unpaired) electrons. The molecule has 0 unspecified atom stereocenters. The third-order valence-electron chi connectivity index (χ3n) is 4.48. The highest BCUT2D eigenvalue weighted by atomic mass is 16.1. The summed E-state index contributed by atoms with van der Waals surface area (Å²) >= 11 is 0. The molecule has 0 amide bonds. The fraction of sp³-hybridized carbons (Fsp3) is 0.360. The van der Waals surface area contributed by atoms with Gasteiger partial charge in [0.05, 0.1) is 0 Å². The monoisotopic (exact) mass is 376 g/mol. The molecule has 2 heterocycles. The third-order valence-corrected chi connectivity index (χ3v) is 4.48.